The standard InChI is InChI=1S/C15H19ClN2OS/c1-2-15(7-3-4-8-15)14(19)18-12-9-10(13(17)20)5-6-11(12)16/h5-6,9H,2-4,7-8H2,1H3,(H2,17,20)(H,18,19). The highest BCUT2D eigenvalue weighted by Gasteiger charge is 2.39. The fraction of sp³-hybridized carbons (Fsp3) is 0.467. The summed E-state index contributed by atoms with van der Waals surface area (Å²) in [5, 5.41) is 3.46. The number of benzene rings is 1. The van der Waals surface area contributed by atoms with Gasteiger partial charge in [-0.2, -0.15) is 0 Å². The molecule has 0 atom stereocenters. The van der Waals surface area contributed by atoms with Crippen LogP contribution in [-0.4, -0.2) is 10.9 Å². The van der Waals surface area contributed by atoms with Gasteiger partial charge in [0.15, 0.2) is 0 Å². The molecule has 1 aliphatic rings. The van der Waals surface area contributed by atoms with Crippen LogP contribution in [0, 0.1) is 5.41 Å². The molecule has 1 amide bonds. The molecule has 2 rings (SSSR count). The van der Waals surface area contributed by atoms with Crippen LogP contribution in [0.1, 0.15) is 44.6 Å². The van der Waals surface area contributed by atoms with Gasteiger partial charge in [-0.05, 0) is 31.4 Å². The van der Waals surface area contributed by atoms with Gasteiger partial charge in [0.1, 0.15) is 4.99 Å². The Morgan fingerprint density at radius 1 is 1.45 bits per heavy atom. The largest absolute Gasteiger partial charge is 0.389 e. The Labute approximate surface area is 129 Å². The van der Waals surface area contributed by atoms with Gasteiger partial charge >= 0.3 is 0 Å². The van der Waals surface area contributed by atoms with Crippen LogP contribution < -0.4 is 11.1 Å². The molecule has 0 aliphatic heterocycles. The first-order valence-corrected chi connectivity index (χ1v) is 7.68. The van der Waals surface area contributed by atoms with E-state index in [0.29, 0.717) is 21.3 Å². The number of carbonyl (C=O) groups excluding carboxylic acids is 1. The van der Waals surface area contributed by atoms with E-state index in [-0.39, 0.29) is 11.3 Å². The van der Waals surface area contributed by atoms with Crippen LogP contribution in [0.25, 0.3) is 0 Å². The number of hydrogen-bond donors (Lipinski definition) is 2. The number of halogens is 1. The summed E-state index contributed by atoms with van der Waals surface area (Å²) in [5.74, 6) is 0.0551. The minimum Gasteiger partial charge on any atom is -0.389 e. The highest BCUT2D eigenvalue weighted by Crippen LogP contribution is 2.42. The van der Waals surface area contributed by atoms with Gasteiger partial charge in [0.2, 0.25) is 5.91 Å². The molecule has 108 valence electrons. The van der Waals surface area contributed by atoms with Crippen molar-refractivity contribution in [3.05, 3.63) is 28.8 Å². The summed E-state index contributed by atoms with van der Waals surface area (Å²) in [6.07, 6.45) is 4.97. The summed E-state index contributed by atoms with van der Waals surface area (Å²) in [7, 11) is 0. The average molecular weight is 311 g/mol. The van der Waals surface area contributed by atoms with Crippen LogP contribution >= 0.6 is 23.8 Å². The van der Waals surface area contributed by atoms with Crippen molar-refractivity contribution in [1.29, 1.82) is 0 Å². The van der Waals surface area contributed by atoms with E-state index in [0.717, 1.165) is 32.1 Å². The molecular weight excluding hydrogens is 292 g/mol. The Hall–Kier alpha value is -1.13. The topological polar surface area (TPSA) is 55.1 Å². The minimum atomic E-state index is -0.247. The second kappa shape index (κ2) is 6.10. The van der Waals surface area contributed by atoms with Crippen LogP contribution in [0.15, 0.2) is 18.2 Å². The van der Waals surface area contributed by atoms with Crippen molar-refractivity contribution >= 4 is 40.4 Å². The lowest BCUT2D eigenvalue weighted by Gasteiger charge is -2.26. The molecule has 0 radical (unpaired) electrons. The molecule has 5 heteroatoms. The van der Waals surface area contributed by atoms with Gasteiger partial charge in [0.05, 0.1) is 10.7 Å². The van der Waals surface area contributed by atoms with Gasteiger partial charge in [-0.25, -0.2) is 0 Å². The van der Waals surface area contributed by atoms with Crippen molar-refractivity contribution in [2.75, 3.05) is 5.32 Å². The number of amides is 1. The SMILES string of the molecule is CCC1(C(=O)Nc2cc(C(N)=S)ccc2Cl)CCCC1. The van der Waals surface area contributed by atoms with E-state index in [1.807, 2.05) is 0 Å². The van der Waals surface area contributed by atoms with Gasteiger partial charge in [-0.1, -0.05) is 49.7 Å². The number of nitrogens with one attached hydrogen (secondary N) is 1. The Bertz CT molecular complexity index is 539. The van der Waals surface area contributed by atoms with Gasteiger partial charge < -0.3 is 11.1 Å². The van der Waals surface area contributed by atoms with Crippen LogP contribution in [0.2, 0.25) is 5.02 Å². The molecule has 0 heterocycles. The van der Waals surface area contributed by atoms with Crippen molar-refractivity contribution in [2.45, 2.75) is 39.0 Å². The zero-order chi connectivity index (χ0) is 14.8. The Balaban J connectivity index is 2.23. The predicted octanol–water partition coefficient (Wildman–Crippen LogP) is 3.88. The molecule has 20 heavy (non-hydrogen) atoms. The molecule has 0 aromatic heterocycles. The number of nitrogens with two attached hydrogens (primary N) is 1. The maximum absolute atomic E-state index is 12.6. The first kappa shape index (κ1) is 15.3. The van der Waals surface area contributed by atoms with E-state index in [9.17, 15) is 4.79 Å². The summed E-state index contributed by atoms with van der Waals surface area (Å²) >= 11 is 11.1. The van der Waals surface area contributed by atoms with Crippen LogP contribution in [0.3, 0.4) is 0 Å². The fourth-order valence-electron chi connectivity index (χ4n) is 2.82. The first-order valence-electron chi connectivity index (χ1n) is 6.89. The Kier molecular flexibility index (Phi) is 4.66. The third-order valence-corrected chi connectivity index (χ3v) is 4.78. The molecule has 0 bridgehead atoms. The smallest absolute Gasteiger partial charge is 0.230 e. The highest BCUT2D eigenvalue weighted by atomic mass is 35.5. The minimum absolute atomic E-state index is 0.0551. The van der Waals surface area contributed by atoms with Crippen molar-refractivity contribution < 1.29 is 4.79 Å². The van der Waals surface area contributed by atoms with Crippen molar-refractivity contribution in [3.63, 3.8) is 0 Å². The monoisotopic (exact) mass is 310 g/mol. The highest BCUT2D eigenvalue weighted by molar-refractivity contribution is 7.80. The lowest BCUT2D eigenvalue weighted by Crippen LogP contribution is -2.33. The van der Waals surface area contributed by atoms with Crippen molar-refractivity contribution in [3.8, 4) is 0 Å². The van der Waals surface area contributed by atoms with E-state index in [4.69, 9.17) is 29.6 Å². The second-order valence-electron chi connectivity index (χ2n) is 5.35. The predicted molar refractivity (Wildman–Crippen MR) is 87.2 cm³/mol. The lowest BCUT2D eigenvalue weighted by atomic mass is 9.82. The van der Waals surface area contributed by atoms with Gasteiger partial charge in [0.25, 0.3) is 0 Å². The van der Waals surface area contributed by atoms with Crippen LogP contribution in [0.5, 0.6) is 0 Å². The third kappa shape index (κ3) is 2.96. The van der Waals surface area contributed by atoms with Crippen molar-refractivity contribution in [2.24, 2.45) is 11.1 Å². The summed E-state index contributed by atoms with van der Waals surface area (Å²) in [5.41, 5.74) is 6.66. The van der Waals surface area contributed by atoms with E-state index in [2.05, 4.69) is 12.2 Å². The molecule has 1 aliphatic carbocycles. The van der Waals surface area contributed by atoms with E-state index in [1.54, 1.807) is 18.2 Å². The molecule has 0 saturated heterocycles. The quantitative estimate of drug-likeness (QED) is 0.830. The maximum atomic E-state index is 12.6. The molecular formula is C15H19ClN2OS. The average Bonchev–Trinajstić information content (AvgIpc) is 2.91. The number of anilines is 1. The van der Waals surface area contributed by atoms with E-state index < -0.39 is 0 Å². The first-order chi connectivity index (χ1) is 9.48. The zero-order valence-corrected chi connectivity index (χ0v) is 13.1. The normalized spacial score (nSPS) is 16.9. The van der Waals surface area contributed by atoms with Gasteiger partial charge in [-0.15, -0.1) is 0 Å². The molecule has 1 saturated carbocycles. The van der Waals surface area contributed by atoms with Crippen LogP contribution in [-0.2, 0) is 4.79 Å². The van der Waals surface area contributed by atoms with Gasteiger partial charge in [0, 0.05) is 11.0 Å². The molecule has 1 fully saturated rings. The number of rotatable bonds is 4. The van der Waals surface area contributed by atoms with Crippen LogP contribution in [0.4, 0.5) is 5.69 Å². The summed E-state index contributed by atoms with van der Waals surface area (Å²) in [6.45, 7) is 2.07. The summed E-state index contributed by atoms with van der Waals surface area (Å²) in [6, 6.07) is 5.20. The molecule has 1 aromatic rings. The molecule has 3 nitrogen and oxygen atoms in total. The molecule has 0 unspecified atom stereocenters. The van der Waals surface area contributed by atoms with E-state index in [1.165, 1.54) is 0 Å². The number of thiocarbonyl (C=S) groups is 1. The van der Waals surface area contributed by atoms with Crippen molar-refractivity contribution in [1.82, 2.24) is 0 Å². The molecule has 3 N–H and O–H groups in total. The summed E-state index contributed by atoms with van der Waals surface area (Å²) in [4.78, 5) is 12.9. The fourth-order valence-corrected chi connectivity index (χ4v) is 3.11. The second-order valence-corrected chi connectivity index (χ2v) is 6.20. The Morgan fingerprint density at radius 3 is 2.65 bits per heavy atom. The maximum Gasteiger partial charge on any atom is 0.230 e. The number of carbonyl (C=O) groups is 1. The molecule has 0 spiro atoms. The lowest BCUT2D eigenvalue weighted by molar-refractivity contribution is -0.125. The summed E-state index contributed by atoms with van der Waals surface area (Å²) < 4.78 is 0. The third-order valence-electron chi connectivity index (χ3n) is 4.22. The number of hydrogen-bond acceptors (Lipinski definition) is 2. The van der Waals surface area contributed by atoms with Gasteiger partial charge in [-0.3, -0.25) is 4.79 Å². The zero-order valence-electron chi connectivity index (χ0n) is 11.5. The molecule has 1 aromatic carbocycles. The Morgan fingerprint density at radius 2 is 2.10 bits per heavy atom. The van der Waals surface area contributed by atoms with E-state index >= 15 is 0 Å².